The standard InChI is InChI=1S/C28H47NO2/c1-17-6-9-25(29(5)16-17)18(2)19-7-8-22-21-13-26(31)23-12-20(30)10-11-28(23,4)24(21)15-27(22,3)14-19/h7-8,17-26,30-31H,6,9-16H2,1-5H3/t17-,18-,19+,20-,21-,22-,23+,24-,25?,26+,27+,28-/m0/s1. The Balaban J connectivity index is 1.36. The molecule has 5 rings (SSSR count). The molecule has 3 nitrogen and oxygen atoms in total. The van der Waals surface area contributed by atoms with E-state index in [-0.39, 0.29) is 23.5 Å². The largest absolute Gasteiger partial charge is 0.393 e. The van der Waals surface area contributed by atoms with Gasteiger partial charge in [0.05, 0.1) is 12.2 Å². The molecule has 0 spiro atoms. The maximum Gasteiger partial charge on any atom is 0.0577 e. The molecule has 2 N–H and O–H groups in total. The van der Waals surface area contributed by atoms with Crippen LogP contribution in [0.1, 0.15) is 79.1 Å². The van der Waals surface area contributed by atoms with Crippen molar-refractivity contribution in [3.63, 3.8) is 0 Å². The van der Waals surface area contributed by atoms with Gasteiger partial charge in [0.2, 0.25) is 0 Å². The molecule has 0 amide bonds. The highest BCUT2D eigenvalue weighted by Crippen LogP contribution is 2.68. The fourth-order valence-electron chi connectivity index (χ4n) is 9.60. The number of rotatable bonds is 2. The van der Waals surface area contributed by atoms with Crippen LogP contribution in [0.3, 0.4) is 0 Å². The van der Waals surface area contributed by atoms with Crippen LogP contribution in [0.2, 0.25) is 0 Å². The summed E-state index contributed by atoms with van der Waals surface area (Å²) in [5.74, 6) is 4.49. The first-order valence-electron chi connectivity index (χ1n) is 13.4. The molecule has 3 heteroatoms. The molecule has 4 aliphatic carbocycles. The third-order valence-electron chi connectivity index (χ3n) is 11.4. The predicted octanol–water partition coefficient (Wildman–Crippen LogP) is 5.12. The number of hydrogen-bond acceptors (Lipinski definition) is 3. The average molecular weight is 430 g/mol. The van der Waals surface area contributed by atoms with Crippen molar-refractivity contribution < 1.29 is 10.2 Å². The summed E-state index contributed by atoms with van der Waals surface area (Å²) in [5, 5.41) is 21.4. The minimum Gasteiger partial charge on any atom is -0.393 e. The summed E-state index contributed by atoms with van der Waals surface area (Å²) in [7, 11) is 2.35. The third-order valence-corrected chi connectivity index (χ3v) is 11.4. The minimum absolute atomic E-state index is 0.205. The van der Waals surface area contributed by atoms with Gasteiger partial charge in [0.15, 0.2) is 0 Å². The first kappa shape index (κ1) is 22.4. The van der Waals surface area contributed by atoms with Gasteiger partial charge in [-0.3, -0.25) is 0 Å². The lowest BCUT2D eigenvalue weighted by Gasteiger charge is -2.55. The van der Waals surface area contributed by atoms with Gasteiger partial charge >= 0.3 is 0 Å². The summed E-state index contributed by atoms with van der Waals surface area (Å²) in [4.78, 5) is 2.64. The average Bonchev–Trinajstić information content (AvgIpc) is 3.01. The lowest BCUT2D eigenvalue weighted by atomic mass is 9.51. The molecule has 12 atom stereocenters. The number of nitrogens with zero attached hydrogens (tertiary/aromatic N) is 1. The van der Waals surface area contributed by atoms with Crippen LogP contribution >= 0.6 is 0 Å². The van der Waals surface area contributed by atoms with Crippen molar-refractivity contribution in [1.82, 2.24) is 4.90 Å². The number of fused-ring (bicyclic) bond motifs is 5. The van der Waals surface area contributed by atoms with E-state index < -0.39 is 0 Å². The van der Waals surface area contributed by atoms with E-state index in [2.05, 4.69) is 51.8 Å². The second kappa shape index (κ2) is 7.84. The molecule has 5 aliphatic rings. The number of aliphatic hydroxyl groups is 2. The first-order valence-corrected chi connectivity index (χ1v) is 13.4. The second-order valence-electron chi connectivity index (χ2n) is 13.3. The molecule has 0 aromatic rings. The summed E-state index contributed by atoms with van der Waals surface area (Å²) >= 11 is 0. The Hall–Kier alpha value is -0.380. The summed E-state index contributed by atoms with van der Waals surface area (Å²) < 4.78 is 0. The molecule has 0 bridgehead atoms. The SMILES string of the molecule is C[C@H]1CCC([C@@H](C)[C@@H]2C=C[C@H]3[C@@H]4C[C@@H](O)[C@H]5C[C@@H](O)CC[C@]5(C)[C@H]4C[C@@]3(C)C2)N(C)C1. The van der Waals surface area contributed by atoms with Crippen LogP contribution in [-0.4, -0.2) is 47.0 Å². The Labute approximate surface area is 190 Å². The molecule has 4 fully saturated rings. The molecule has 0 aromatic heterocycles. The van der Waals surface area contributed by atoms with Gasteiger partial charge in [0, 0.05) is 12.6 Å². The minimum atomic E-state index is -0.230. The van der Waals surface area contributed by atoms with Crippen molar-refractivity contribution >= 4 is 0 Å². The summed E-state index contributed by atoms with van der Waals surface area (Å²) in [6.45, 7) is 11.2. The van der Waals surface area contributed by atoms with Gasteiger partial charge < -0.3 is 15.1 Å². The molecule has 176 valence electrons. The molecule has 31 heavy (non-hydrogen) atoms. The molecule has 1 heterocycles. The number of hydrogen-bond donors (Lipinski definition) is 2. The highest BCUT2D eigenvalue weighted by Gasteiger charge is 2.62. The lowest BCUT2D eigenvalue weighted by Crippen LogP contribution is -2.53. The van der Waals surface area contributed by atoms with Crippen LogP contribution in [0.4, 0.5) is 0 Å². The van der Waals surface area contributed by atoms with Crippen molar-refractivity contribution in [1.29, 1.82) is 0 Å². The van der Waals surface area contributed by atoms with E-state index >= 15 is 0 Å². The number of allylic oxidation sites excluding steroid dienone is 2. The van der Waals surface area contributed by atoms with Gasteiger partial charge in [-0.05, 0) is 111 Å². The van der Waals surface area contributed by atoms with E-state index in [1.165, 1.54) is 32.2 Å². The van der Waals surface area contributed by atoms with Gasteiger partial charge in [0.25, 0.3) is 0 Å². The van der Waals surface area contributed by atoms with Crippen molar-refractivity contribution in [2.45, 2.75) is 97.3 Å². The van der Waals surface area contributed by atoms with E-state index in [1.807, 2.05) is 0 Å². The maximum atomic E-state index is 11.1. The predicted molar refractivity (Wildman–Crippen MR) is 126 cm³/mol. The molecule has 1 aliphatic heterocycles. The molecular weight excluding hydrogens is 382 g/mol. The zero-order valence-corrected chi connectivity index (χ0v) is 20.6. The maximum absolute atomic E-state index is 11.1. The number of piperidine rings is 1. The first-order chi connectivity index (χ1) is 14.6. The topological polar surface area (TPSA) is 43.7 Å². The zero-order valence-electron chi connectivity index (χ0n) is 20.6. The van der Waals surface area contributed by atoms with Gasteiger partial charge in [-0.1, -0.05) is 39.8 Å². The lowest BCUT2D eigenvalue weighted by molar-refractivity contribution is -0.127. The van der Waals surface area contributed by atoms with E-state index in [1.54, 1.807) is 0 Å². The van der Waals surface area contributed by atoms with Gasteiger partial charge in [-0.15, -0.1) is 0 Å². The molecule has 1 unspecified atom stereocenters. The van der Waals surface area contributed by atoms with Crippen molar-refractivity contribution in [3.8, 4) is 0 Å². The molecular formula is C28H47NO2. The Kier molecular flexibility index (Phi) is 5.67. The summed E-state index contributed by atoms with van der Waals surface area (Å²) in [6.07, 6.45) is 13.9. The zero-order chi connectivity index (χ0) is 22.1. The van der Waals surface area contributed by atoms with Crippen LogP contribution < -0.4 is 0 Å². The number of aliphatic hydroxyl groups excluding tert-OH is 2. The Bertz CT molecular complexity index is 707. The van der Waals surface area contributed by atoms with Gasteiger partial charge in [0.1, 0.15) is 0 Å². The molecule has 0 aromatic carbocycles. The van der Waals surface area contributed by atoms with Gasteiger partial charge in [-0.2, -0.15) is 0 Å². The quantitative estimate of drug-likeness (QED) is 0.599. The third kappa shape index (κ3) is 3.56. The molecule has 0 radical (unpaired) electrons. The van der Waals surface area contributed by atoms with Crippen LogP contribution in [0.25, 0.3) is 0 Å². The normalized spacial score (nSPS) is 55.9. The Morgan fingerprint density at radius 1 is 1.00 bits per heavy atom. The van der Waals surface area contributed by atoms with Crippen LogP contribution in [-0.2, 0) is 0 Å². The summed E-state index contributed by atoms with van der Waals surface area (Å²) in [6, 6.07) is 0.721. The van der Waals surface area contributed by atoms with Gasteiger partial charge in [-0.25, -0.2) is 0 Å². The Morgan fingerprint density at radius 2 is 1.77 bits per heavy atom. The number of likely N-dealkylation sites (tertiary alicyclic amines) is 1. The second-order valence-corrected chi connectivity index (χ2v) is 13.3. The highest BCUT2D eigenvalue weighted by molar-refractivity contribution is 5.19. The fourth-order valence-corrected chi connectivity index (χ4v) is 9.60. The molecule has 3 saturated carbocycles. The van der Waals surface area contributed by atoms with E-state index in [4.69, 9.17) is 0 Å². The molecule has 1 saturated heterocycles. The van der Waals surface area contributed by atoms with Crippen molar-refractivity contribution in [3.05, 3.63) is 12.2 Å². The fraction of sp³-hybridized carbons (Fsp3) is 0.929. The smallest absolute Gasteiger partial charge is 0.0577 e. The van der Waals surface area contributed by atoms with Crippen LogP contribution in [0.15, 0.2) is 12.2 Å². The van der Waals surface area contributed by atoms with Crippen molar-refractivity contribution in [2.24, 2.45) is 52.3 Å². The van der Waals surface area contributed by atoms with Crippen molar-refractivity contribution in [2.75, 3.05) is 13.6 Å². The van der Waals surface area contributed by atoms with Crippen LogP contribution in [0.5, 0.6) is 0 Å². The van der Waals surface area contributed by atoms with Crippen LogP contribution in [0, 0.1) is 52.3 Å². The highest BCUT2D eigenvalue weighted by atomic mass is 16.3. The Morgan fingerprint density at radius 3 is 2.52 bits per heavy atom. The summed E-state index contributed by atoms with van der Waals surface area (Å²) in [5.41, 5.74) is 0.577. The van der Waals surface area contributed by atoms with E-state index in [0.29, 0.717) is 35.0 Å². The monoisotopic (exact) mass is 429 g/mol. The van der Waals surface area contributed by atoms with E-state index in [9.17, 15) is 10.2 Å². The van der Waals surface area contributed by atoms with E-state index in [0.717, 1.165) is 37.6 Å².